The average molecular weight is 502 g/mol. The van der Waals surface area contributed by atoms with Crippen LogP contribution in [0.1, 0.15) is 51.0 Å². The van der Waals surface area contributed by atoms with Crippen molar-refractivity contribution in [3.05, 3.63) is 29.8 Å². The van der Waals surface area contributed by atoms with E-state index in [-0.39, 0.29) is 36.4 Å². The Labute approximate surface area is 186 Å². The highest BCUT2D eigenvalue weighted by Gasteiger charge is 2.16. The summed E-state index contributed by atoms with van der Waals surface area (Å²) in [6, 6.07) is 8.22. The number of aliphatic imine (C=N–C) groups is 1. The molecule has 1 aromatic rings. The number of benzene rings is 1. The molecule has 0 bridgehead atoms. The zero-order valence-corrected chi connectivity index (χ0v) is 19.7. The van der Waals surface area contributed by atoms with Gasteiger partial charge in [0.2, 0.25) is 5.91 Å². The normalized spacial score (nSPS) is 15.4. The Hall–Kier alpha value is -1.51. The minimum absolute atomic E-state index is 0. The van der Waals surface area contributed by atoms with Gasteiger partial charge in [0, 0.05) is 26.2 Å². The molecule has 1 aromatic carbocycles. The summed E-state index contributed by atoms with van der Waals surface area (Å²) < 4.78 is 5.21. The van der Waals surface area contributed by atoms with E-state index in [1.165, 1.54) is 12.0 Å². The predicted octanol–water partition coefficient (Wildman–Crippen LogP) is 3.37. The highest BCUT2D eigenvalue weighted by atomic mass is 127. The first-order valence-corrected chi connectivity index (χ1v) is 10.1. The van der Waals surface area contributed by atoms with E-state index in [0.717, 1.165) is 51.2 Å². The van der Waals surface area contributed by atoms with E-state index >= 15 is 0 Å². The monoisotopic (exact) mass is 502 g/mol. The standard InChI is InChI=1S/C21H34N4O2.HI/c1-4-22-21(24-16-20(26)25-14-6-5-7-15-25)23-13-12-17(2)18-8-10-19(27-3)11-9-18;/h8-11,17H,4-7,12-16H2,1-3H3,(H2,22,23,24);1H. The van der Waals surface area contributed by atoms with E-state index in [9.17, 15) is 4.79 Å². The number of nitrogens with zero attached hydrogens (tertiary/aromatic N) is 2. The Balaban J connectivity index is 0.00000392. The minimum Gasteiger partial charge on any atom is -0.497 e. The number of rotatable bonds is 8. The van der Waals surface area contributed by atoms with E-state index < -0.39 is 0 Å². The molecular weight excluding hydrogens is 467 g/mol. The van der Waals surface area contributed by atoms with Gasteiger partial charge in [-0.1, -0.05) is 19.1 Å². The molecule has 0 radical (unpaired) electrons. The molecule has 158 valence electrons. The zero-order chi connectivity index (χ0) is 19.5. The number of hydrogen-bond donors (Lipinski definition) is 2. The second kappa shape index (κ2) is 13.6. The second-order valence-corrected chi connectivity index (χ2v) is 7.03. The Morgan fingerprint density at radius 3 is 2.46 bits per heavy atom. The summed E-state index contributed by atoms with van der Waals surface area (Å²) in [7, 11) is 1.68. The lowest BCUT2D eigenvalue weighted by Gasteiger charge is -2.26. The number of halogens is 1. The van der Waals surface area contributed by atoms with Crippen LogP contribution in [-0.2, 0) is 4.79 Å². The van der Waals surface area contributed by atoms with Gasteiger partial charge < -0.3 is 20.3 Å². The minimum atomic E-state index is 0. The van der Waals surface area contributed by atoms with Crippen molar-refractivity contribution in [2.75, 3.05) is 39.8 Å². The third-order valence-corrected chi connectivity index (χ3v) is 4.98. The first-order chi connectivity index (χ1) is 13.1. The maximum absolute atomic E-state index is 12.3. The molecule has 1 aliphatic rings. The smallest absolute Gasteiger partial charge is 0.244 e. The second-order valence-electron chi connectivity index (χ2n) is 7.03. The summed E-state index contributed by atoms with van der Waals surface area (Å²) in [5.41, 5.74) is 1.29. The molecule has 0 spiro atoms. The van der Waals surface area contributed by atoms with Gasteiger partial charge in [-0.05, 0) is 56.2 Å². The topological polar surface area (TPSA) is 66.0 Å². The molecule has 1 unspecified atom stereocenters. The van der Waals surface area contributed by atoms with Crippen LogP contribution in [0.15, 0.2) is 29.3 Å². The molecule has 1 aliphatic heterocycles. The molecule has 7 heteroatoms. The average Bonchev–Trinajstić information content (AvgIpc) is 2.72. The quantitative estimate of drug-likeness (QED) is 0.325. The van der Waals surface area contributed by atoms with Gasteiger partial charge >= 0.3 is 0 Å². The van der Waals surface area contributed by atoms with Gasteiger partial charge in [-0.2, -0.15) is 0 Å². The van der Waals surface area contributed by atoms with Gasteiger partial charge in [0.05, 0.1) is 7.11 Å². The molecule has 1 fully saturated rings. The van der Waals surface area contributed by atoms with Crippen LogP contribution >= 0.6 is 24.0 Å². The Bertz CT molecular complexity index is 601. The summed E-state index contributed by atoms with van der Waals surface area (Å²) >= 11 is 0. The van der Waals surface area contributed by atoms with Crippen molar-refractivity contribution in [2.45, 2.75) is 45.4 Å². The Morgan fingerprint density at radius 1 is 1.18 bits per heavy atom. The van der Waals surface area contributed by atoms with Crippen molar-refractivity contribution in [2.24, 2.45) is 4.99 Å². The number of hydrogen-bond acceptors (Lipinski definition) is 3. The van der Waals surface area contributed by atoms with E-state index in [0.29, 0.717) is 11.9 Å². The highest BCUT2D eigenvalue weighted by molar-refractivity contribution is 14.0. The molecule has 2 N–H and O–H groups in total. The SMILES string of the molecule is CCNC(=NCC(=O)N1CCCCC1)NCCC(C)c1ccc(OC)cc1.I. The highest BCUT2D eigenvalue weighted by Crippen LogP contribution is 2.21. The summed E-state index contributed by atoms with van der Waals surface area (Å²) in [4.78, 5) is 18.7. The number of carbonyl (C=O) groups is 1. The van der Waals surface area contributed by atoms with Crippen LogP contribution in [0.25, 0.3) is 0 Å². The molecule has 0 saturated carbocycles. The number of guanidine groups is 1. The third kappa shape index (κ3) is 8.24. The number of nitrogens with one attached hydrogen (secondary N) is 2. The molecule has 1 amide bonds. The molecule has 1 atom stereocenters. The fourth-order valence-corrected chi connectivity index (χ4v) is 3.24. The molecular formula is C21H35IN4O2. The van der Waals surface area contributed by atoms with Crippen LogP contribution in [0.5, 0.6) is 5.75 Å². The molecule has 0 aliphatic carbocycles. The molecule has 2 rings (SSSR count). The number of likely N-dealkylation sites (tertiary alicyclic amines) is 1. The van der Waals surface area contributed by atoms with Crippen molar-refractivity contribution in [3.8, 4) is 5.75 Å². The fourth-order valence-electron chi connectivity index (χ4n) is 3.24. The Kier molecular flexibility index (Phi) is 11.9. The largest absolute Gasteiger partial charge is 0.497 e. The molecule has 1 saturated heterocycles. The zero-order valence-electron chi connectivity index (χ0n) is 17.4. The number of amides is 1. The van der Waals surface area contributed by atoms with Crippen molar-refractivity contribution in [1.29, 1.82) is 0 Å². The fraction of sp³-hybridized carbons (Fsp3) is 0.619. The van der Waals surface area contributed by atoms with E-state index in [1.807, 2.05) is 24.0 Å². The predicted molar refractivity (Wildman–Crippen MR) is 126 cm³/mol. The van der Waals surface area contributed by atoms with E-state index in [4.69, 9.17) is 4.74 Å². The van der Waals surface area contributed by atoms with Crippen LogP contribution in [0.2, 0.25) is 0 Å². The summed E-state index contributed by atoms with van der Waals surface area (Å²) in [6.07, 6.45) is 4.43. The summed E-state index contributed by atoms with van der Waals surface area (Å²) in [6.45, 7) is 7.78. The lowest BCUT2D eigenvalue weighted by atomic mass is 9.98. The van der Waals surface area contributed by atoms with Crippen LogP contribution in [-0.4, -0.2) is 56.6 Å². The van der Waals surface area contributed by atoms with Gasteiger partial charge in [-0.25, -0.2) is 4.99 Å². The van der Waals surface area contributed by atoms with Crippen molar-refractivity contribution < 1.29 is 9.53 Å². The maximum Gasteiger partial charge on any atom is 0.244 e. The third-order valence-electron chi connectivity index (χ3n) is 4.98. The number of methoxy groups -OCH3 is 1. The molecule has 0 aromatic heterocycles. The first kappa shape index (κ1) is 24.5. The van der Waals surface area contributed by atoms with Gasteiger partial charge in [0.1, 0.15) is 12.3 Å². The summed E-state index contributed by atoms with van der Waals surface area (Å²) in [5, 5.41) is 6.57. The van der Waals surface area contributed by atoms with Crippen LogP contribution in [0.3, 0.4) is 0 Å². The summed E-state index contributed by atoms with van der Waals surface area (Å²) in [5.74, 6) is 2.15. The van der Waals surface area contributed by atoms with Gasteiger partial charge in [-0.3, -0.25) is 4.79 Å². The lowest BCUT2D eigenvalue weighted by molar-refractivity contribution is -0.130. The van der Waals surface area contributed by atoms with E-state index in [2.05, 4.69) is 34.7 Å². The van der Waals surface area contributed by atoms with Crippen LogP contribution in [0.4, 0.5) is 0 Å². The van der Waals surface area contributed by atoms with Crippen molar-refractivity contribution >= 4 is 35.8 Å². The van der Waals surface area contributed by atoms with Crippen LogP contribution < -0.4 is 15.4 Å². The maximum atomic E-state index is 12.3. The van der Waals surface area contributed by atoms with E-state index in [1.54, 1.807) is 7.11 Å². The van der Waals surface area contributed by atoms with Crippen LogP contribution in [0, 0.1) is 0 Å². The number of ether oxygens (including phenoxy) is 1. The Morgan fingerprint density at radius 2 is 1.86 bits per heavy atom. The number of piperidine rings is 1. The van der Waals surface area contributed by atoms with Crippen molar-refractivity contribution in [1.82, 2.24) is 15.5 Å². The van der Waals surface area contributed by atoms with Crippen molar-refractivity contribution in [3.63, 3.8) is 0 Å². The van der Waals surface area contributed by atoms with Gasteiger partial charge in [-0.15, -0.1) is 24.0 Å². The molecule has 6 nitrogen and oxygen atoms in total. The van der Waals surface area contributed by atoms with Gasteiger partial charge in [0.15, 0.2) is 5.96 Å². The lowest BCUT2D eigenvalue weighted by Crippen LogP contribution is -2.40. The first-order valence-electron chi connectivity index (χ1n) is 10.1. The number of carbonyl (C=O) groups excluding carboxylic acids is 1. The molecule has 1 heterocycles. The molecule has 28 heavy (non-hydrogen) atoms. The van der Waals surface area contributed by atoms with Gasteiger partial charge in [0.25, 0.3) is 0 Å².